The van der Waals surface area contributed by atoms with Crippen molar-refractivity contribution in [2.24, 2.45) is 5.92 Å². The van der Waals surface area contributed by atoms with Gasteiger partial charge in [-0.2, -0.15) is 0 Å². The third-order valence-electron chi connectivity index (χ3n) is 4.98. The van der Waals surface area contributed by atoms with Crippen LogP contribution in [0, 0.1) is 5.92 Å². The molecule has 1 heterocycles. The van der Waals surface area contributed by atoms with Crippen molar-refractivity contribution < 1.29 is 17.6 Å². The minimum absolute atomic E-state index is 0.130. The summed E-state index contributed by atoms with van der Waals surface area (Å²) in [5.41, 5.74) is -0.331. The normalized spacial score (nSPS) is 22.6. The Bertz CT molecular complexity index is 772. The average Bonchev–Trinajstić information content (AvgIpc) is 2.59. The smallest absolute Gasteiger partial charge is 0.318 e. The molecule has 0 aromatic heterocycles. The first-order valence-electron chi connectivity index (χ1n) is 9.16. The Hall–Kier alpha value is -1.89. The van der Waals surface area contributed by atoms with Crippen LogP contribution in [0.2, 0.25) is 0 Å². The molecule has 27 heavy (non-hydrogen) atoms. The summed E-state index contributed by atoms with van der Waals surface area (Å²) in [5.74, 6) is -0.130. The Labute approximate surface area is 161 Å². The lowest BCUT2D eigenvalue weighted by molar-refractivity contribution is 0.0436. The van der Waals surface area contributed by atoms with E-state index in [1.807, 2.05) is 30.3 Å². The quantitative estimate of drug-likeness (QED) is 0.822. The maximum atomic E-state index is 14.5. The predicted molar refractivity (Wildman–Crippen MR) is 106 cm³/mol. The molecule has 0 radical (unpaired) electrons. The number of urea groups is 1. The number of carbonyl (C=O) groups excluding carboxylic acids is 1. The van der Waals surface area contributed by atoms with Crippen molar-refractivity contribution in [1.29, 1.82) is 0 Å². The first-order chi connectivity index (χ1) is 12.5. The Kier molecular flexibility index (Phi) is 6.68. The molecular weight excluding hydrogens is 367 g/mol. The standard InChI is InChI=1S/C20H29FN2O3S/c1-15(11-13-27(4,25)26)22-19(24)23-12-10-17(20(2,3)21)14-18(23)16-8-6-5-7-9-16/h5-9,11,13,15,17-18H,10,12,14H2,1-4H3,(H,22,24)/b13-11+/t15-,17+,18-/m0/s1. The van der Waals surface area contributed by atoms with Gasteiger partial charge in [0.25, 0.3) is 0 Å². The zero-order valence-corrected chi connectivity index (χ0v) is 17.2. The minimum Gasteiger partial charge on any atom is -0.332 e. The highest BCUT2D eigenvalue weighted by molar-refractivity contribution is 7.93. The second-order valence-corrected chi connectivity index (χ2v) is 9.73. The van der Waals surface area contributed by atoms with Crippen LogP contribution in [0.4, 0.5) is 9.18 Å². The van der Waals surface area contributed by atoms with Crippen LogP contribution in [-0.4, -0.2) is 43.9 Å². The largest absolute Gasteiger partial charge is 0.332 e. The summed E-state index contributed by atoms with van der Waals surface area (Å²) in [5, 5.41) is 3.91. The maximum Gasteiger partial charge on any atom is 0.318 e. The lowest BCUT2D eigenvalue weighted by atomic mass is 9.79. The summed E-state index contributed by atoms with van der Waals surface area (Å²) in [6.45, 7) is 5.35. The first-order valence-corrected chi connectivity index (χ1v) is 11.1. The molecule has 3 atom stereocenters. The van der Waals surface area contributed by atoms with E-state index in [0.717, 1.165) is 17.2 Å². The predicted octanol–water partition coefficient (Wildman–Crippen LogP) is 3.84. The molecule has 150 valence electrons. The number of carbonyl (C=O) groups is 1. The van der Waals surface area contributed by atoms with Crippen LogP contribution in [0.1, 0.15) is 45.2 Å². The molecule has 7 heteroatoms. The number of nitrogens with one attached hydrogen (secondary N) is 1. The number of alkyl halides is 1. The topological polar surface area (TPSA) is 66.5 Å². The van der Waals surface area contributed by atoms with E-state index in [0.29, 0.717) is 19.4 Å². The molecule has 0 aliphatic carbocycles. The summed E-state index contributed by atoms with van der Waals surface area (Å²) in [7, 11) is -3.24. The van der Waals surface area contributed by atoms with Crippen LogP contribution >= 0.6 is 0 Å². The van der Waals surface area contributed by atoms with Crippen molar-refractivity contribution in [2.45, 2.75) is 51.4 Å². The zero-order chi connectivity index (χ0) is 20.2. The van der Waals surface area contributed by atoms with Gasteiger partial charge in [-0.25, -0.2) is 17.6 Å². The molecule has 1 aliphatic rings. The molecule has 2 amide bonds. The highest BCUT2D eigenvalue weighted by Crippen LogP contribution is 2.40. The highest BCUT2D eigenvalue weighted by Gasteiger charge is 2.39. The Morgan fingerprint density at radius 2 is 1.96 bits per heavy atom. The molecule has 5 nitrogen and oxygen atoms in total. The second-order valence-electron chi connectivity index (χ2n) is 7.80. The monoisotopic (exact) mass is 396 g/mol. The number of halogens is 1. The third kappa shape index (κ3) is 6.34. The van der Waals surface area contributed by atoms with Gasteiger partial charge in [0.1, 0.15) is 5.67 Å². The lowest BCUT2D eigenvalue weighted by Gasteiger charge is -2.43. The molecule has 1 N–H and O–H groups in total. The van der Waals surface area contributed by atoms with Gasteiger partial charge in [-0.1, -0.05) is 36.4 Å². The van der Waals surface area contributed by atoms with Gasteiger partial charge in [0, 0.05) is 24.3 Å². The molecule has 1 saturated heterocycles. The number of likely N-dealkylation sites (tertiary alicyclic amines) is 1. The number of benzene rings is 1. The second kappa shape index (κ2) is 8.42. The van der Waals surface area contributed by atoms with E-state index in [-0.39, 0.29) is 18.0 Å². The van der Waals surface area contributed by atoms with E-state index in [2.05, 4.69) is 5.32 Å². The van der Waals surface area contributed by atoms with E-state index in [9.17, 15) is 17.6 Å². The fourth-order valence-corrected chi connectivity index (χ4v) is 3.93. The Morgan fingerprint density at radius 1 is 1.33 bits per heavy atom. The van der Waals surface area contributed by atoms with Crippen LogP contribution in [0.3, 0.4) is 0 Å². The van der Waals surface area contributed by atoms with Gasteiger partial charge >= 0.3 is 6.03 Å². The van der Waals surface area contributed by atoms with Crippen LogP contribution in [0.5, 0.6) is 0 Å². The van der Waals surface area contributed by atoms with E-state index in [4.69, 9.17) is 0 Å². The highest BCUT2D eigenvalue weighted by atomic mass is 32.2. The molecule has 0 bridgehead atoms. The number of hydrogen-bond acceptors (Lipinski definition) is 3. The molecule has 1 fully saturated rings. The van der Waals surface area contributed by atoms with Crippen molar-refractivity contribution >= 4 is 15.9 Å². The number of nitrogens with zero attached hydrogens (tertiary/aromatic N) is 1. The summed E-state index contributed by atoms with van der Waals surface area (Å²) in [6, 6.07) is 8.71. The fourth-order valence-electron chi connectivity index (χ4n) is 3.41. The van der Waals surface area contributed by atoms with E-state index < -0.39 is 21.5 Å². The maximum absolute atomic E-state index is 14.5. The third-order valence-corrected chi connectivity index (χ3v) is 5.64. The van der Waals surface area contributed by atoms with Crippen LogP contribution in [0.25, 0.3) is 0 Å². The van der Waals surface area contributed by atoms with Crippen LogP contribution < -0.4 is 5.32 Å². The van der Waals surface area contributed by atoms with E-state index in [1.54, 1.807) is 25.7 Å². The number of piperidine rings is 1. The van der Waals surface area contributed by atoms with Crippen molar-refractivity contribution in [1.82, 2.24) is 10.2 Å². The van der Waals surface area contributed by atoms with E-state index in [1.165, 1.54) is 6.08 Å². The van der Waals surface area contributed by atoms with Crippen molar-refractivity contribution in [3.05, 3.63) is 47.4 Å². The van der Waals surface area contributed by atoms with Gasteiger partial charge in [0.15, 0.2) is 9.84 Å². The SMILES string of the molecule is C[C@@H](/C=C/S(C)(=O)=O)NC(=O)N1CC[C@@H](C(C)(C)F)C[C@H]1c1ccccc1. The van der Waals surface area contributed by atoms with Crippen LogP contribution in [-0.2, 0) is 9.84 Å². The molecule has 0 unspecified atom stereocenters. The van der Waals surface area contributed by atoms with Gasteiger partial charge in [0.2, 0.25) is 0 Å². The molecule has 0 saturated carbocycles. The molecule has 2 rings (SSSR count). The zero-order valence-electron chi connectivity index (χ0n) is 16.4. The summed E-state index contributed by atoms with van der Waals surface area (Å²) >= 11 is 0. The van der Waals surface area contributed by atoms with Gasteiger partial charge in [0.05, 0.1) is 6.04 Å². The van der Waals surface area contributed by atoms with Crippen molar-refractivity contribution in [2.75, 3.05) is 12.8 Å². The molecular formula is C20H29FN2O3S. The summed E-state index contributed by atoms with van der Waals surface area (Å²) in [6.07, 6.45) is 3.69. The lowest BCUT2D eigenvalue weighted by Crippen LogP contribution is -2.50. The number of rotatable bonds is 5. The van der Waals surface area contributed by atoms with Gasteiger partial charge in [-0.05, 0) is 45.1 Å². The minimum atomic E-state index is -3.24. The summed E-state index contributed by atoms with van der Waals surface area (Å²) < 4.78 is 37.0. The molecule has 1 aromatic rings. The molecule has 1 aliphatic heterocycles. The van der Waals surface area contributed by atoms with Crippen LogP contribution in [0.15, 0.2) is 41.8 Å². The Balaban J connectivity index is 2.17. The fraction of sp³-hybridized carbons (Fsp3) is 0.550. The van der Waals surface area contributed by atoms with Gasteiger partial charge in [-0.3, -0.25) is 0 Å². The van der Waals surface area contributed by atoms with Gasteiger partial charge < -0.3 is 10.2 Å². The number of hydrogen-bond donors (Lipinski definition) is 1. The number of amides is 2. The van der Waals surface area contributed by atoms with Crippen molar-refractivity contribution in [3.8, 4) is 0 Å². The summed E-state index contributed by atoms with van der Waals surface area (Å²) in [4.78, 5) is 14.5. The molecule has 0 spiro atoms. The number of sulfone groups is 1. The van der Waals surface area contributed by atoms with Gasteiger partial charge in [-0.15, -0.1) is 0 Å². The average molecular weight is 397 g/mol. The van der Waals surface area contributed by atoms with E-state index >= 15 is 0 Å². The molecule has 1 aromatic carbocycles. The first kappa shape index (κ1) is 21.4. The Morgan fingerprint density at radius 3 is 2.52 bits per heavy atom. The van der Waals surface area contributed by atoms with Crippen molar-refractivity contribution in [3.63, 3.8) is 0 Å².